The summed E-state index contributed by atoms with van der Waals surface area (Å²) in [6.07, 6.45) is 2.05. The van der Waals surface area contributed by atoms with Gasteiger partial charge in [-0.1, -0.05) is 98.8 Å². The Labute approximate surface area is 198 Å². The van der Waals surface area contributed by atoms with Crippen LogP contribution >= 0.6 is 0 Å². The molecule has 0 fully saturated rings. The number of benzene rings is 3. The molecule has 4 rings (SSSR count). The van der Waals surface area contributed by atoms with Crippen molar-refractivity contribution in [3.8, 4) is 22.3 Å². The zero-order chi connectivity index (χ0) is 24.6. The minimum atomic E-state index is -6.00. The van der Waals surface area contributed by atoms with E-state index in [1.807, 2.05) is 0 Å². The fourth-order valence-electron chi connectivity index (χ4n) is 3.94. The van der Waals surface area contributed by atoms with Crippen LogP contribution < -0.4 is 4.57 Å². The summed E-state index contributed by atoms with van der Waals surface area (Å²) in [5.41, 5.74) is 9.25. The first-order valence-electron chi connectivity index (χ1n) is 11.4. The Hall–Kier alpha value is -3.41. The summed E-state index contributed by atoms with van der Waals surface area (Å²) >= 11 is 0. The van der Waals surface area contributed by atoms with E-state index < -0.39 is 7.25 Å². The Morgan fingerprint density at radius 3 is 1.35 bits per heavy atom. The zero-order valence-electron chi connectivity index (χ0n) is 19.4. The van der Waals surface area contributed by atoms with Crippen LogP contribution in [0, 0.1) is 0 Å². The monoisotopic (exact) mass is 465 g/mol. The van der Waals surface area contributed by atoms with Crippen LogP contribution in [0.15, 0.2) is 97.1 Å². The Bertz CT molecular complexity index is 1140. The summed E-state index contributed by atoms with van der Waals surface area (Å²) in [6.45, 7) is 5.41. The zero-order valence-corrected chi connectivity index (χ0v) is 19.4. The first-order chi connectivity index (χ1) is 16.3. The van der Waals surface area contributed by atoms with Gasteiger partial charge in [0.15, 0.2) is 17.9 Å². The molecule has 1 nitrogen and oxygen atoms in total. The third-order valence-corrected chi connectivity index (χ3v) is 5.57. The van der Waals surface area contributed by atoms with E-state index in [-0.39, 0.29) is 0 Å². The van der Waals surface area contributed by atoms with Gasteiger partial charge >= 0.3 is 7.25 Å². The lowest BCUT2D eigenvalue weighted by Crippen LogP contribution is -2.43. The van der Waals surface area contributed by atoms with Crippen LogP contribution in [0.5, 0.6) is 0 Å². The van der Waals surface area contributed by atoms with Crippen LogP contribution in [0.3, 0.4) is 0 Å². The van der Waals surface area contributed by atoms with Gasteiger partial charge in [0.1, 0.15) is 0 Å². The minimum Gasteiger partial charge on any atom is -0.418 e. The molecule has 0 spiro atoms. The number of aryl methyl sites for hydroxylation is 2. The smallest absolute Gasteiger partial charge is 0.418 e. The predicted molar refractivity (Wildman–Crippen MR) is 132 cm³/mol. The van der Waals surface area contributed by atoms with Crippen molar-refractivity contribution in [1.29, 1.82) is 0 Å². The van der Waals surface area contributed by atoms with Crippen molar-refractivity contribution in [1.82, 2.24) is 0 Å². The van der Waals surface area contributed by atoms with Gasteiger partial charge in [0, 0.05) is 30.5 Å². The maximum atomic E-state index is 9.75. The maximum absolute atomic E-state index is 9.75. The summed E-state index contributed by atoms with van der Waals surface area (Å²) in [5.74, 6) is 0. The Kier molecular flexibility index (Phi) is 8.64. The van der Waals surface area contributed by atoms with Gasteiger partial charge in [-0.2, -0.15) is 4.57 Å². The number of nitrogens with zero attached hydrogens (tertiary/aromatic N) is 1. The number of hydrogen-bond acceptors (Lipinski definition) is 0. The summed E-state index contributed by atoms with van der Waals surface area (Å²) in [6, 6.07) is 35.0. The number of aromatic nitrogens is 1. The molecule has 1 aromatic heterocycles. The van der Waals surface area contributed by atoms with Crippen molar-refractivity contribution in [3.05, 3.63) is 114 Å². The normalized spacial score (nSPS) is 11.0. The van der Waals surface area contributed by atoms with Crippen LogP contribution in [-0.2, 0) is 19.4 Å². The standard InChI is InChI=1S/C28H28N.BF4/c1-3-27-19-26(24-13-9-6-10-14-24)20-28(4-2)29(27)21-22-15-17-25(18-16-22)23-11-7-5-8-12-23;2-1(3,4)5/h5-20H,3-4,21H2,1-2H3;/q+1;-1. The second-order valence-electron chi connectivity index (χ2n) is 7.94. The molecule has 3 aromatic carbocycles. The molecule has 0 radical (unpaired) electrons. The largest absolute Gasteiger partial charge is 0.673 e. The highest BCUT2D eigenvalue weighted by atomic mass is 19.5. The average Bonchev–Trinajstić information content (AvgIpc) is 2.84. The molecule has 0 atom stereocenters. The van der Waals surface area contributed by atoms with E-state index in [4.69, 9.17) is 0 Å². The van der Waals surface area contributed by atoms with Crippen LogP contribution in [0.4, 0.5) is 17.3 Å². The number of halogens is 4. The van der Waals surface area contributed by atoms with Gasteiger partial charge in [-0.05, 0) is 22.3 Å². The van der Waals surface area contributed by atoms with Gasteiger partial charge in [0.25, 0.3) is 0 Å². The van der Waals surface area contributed by atoms with Crippen molar-refractivity contribution in [3.63, 3.8) is 0 Å². The highest BCUT2D eigenvalue weighted by Crippen LogP contribution is 2.22. The summed E-state index contributed by atoms with van der Waals surface area (Å²) in [7, 11) is -6.00. The van der Waals surface area contributed by atoms with E-state index in [0.717, 1.165) is 19.4 Å². The number of hydrogen-bond donors (Lipinski definition) is 0. The van der Waals surface area contributed by atoms with Gasteiger partial charge < -0.3 is 17.3 Å². The van der Waals surface area contributed by atoms with Crippen LogP contribution in [0.1, 0.15) is 30.8 Å². The highest BCUT2D eigenvalue weighted by molar-refractivity contribution is 6.50. The van der Waals surface area contributed by atoms with Gasteiger partial charge in [-0.25, -0.2) is 0 Å². The molecular weight excluding hydrogens is 437 g/mol. The number of pyridine rings is 1. The molecule has 0 bridgehead atoms. The van der Waals surface area contributed by atoms with E-state index in [0.29, 0.717) is 0 Å². The maximum Gasteiger partial charge on any atom is 0.673 e. The topological polar surface area (TPSA) is 3.88 Å². The predicted octanol–water partition coefficient (Wildman–Crippen LogP) is 7.78. The van der Waals surface area contributed by atoms with Crippen molar-refractivity contribution in [2.75, 3.05) is 0 Å². The third kappa shape index (κ3) is 7.31. The molecule has 34 heavy (non-hydrogen) atoms. The second-order valence-corrected chi connectivity index (χ2v) is 7.94. The van der Waals surface area contributed by atoms with E-state index in [2.05, 4.69) is 115 Å². The molecule has 1 heterocycles. The van der Waals surface area contributed by atoms with Crippen LogP contribution in [-0.4, -0.2) is 7.25 Å². The molecule has 0 aliphatic heterocycles. The molecule has 4 aromatic rings. The quantitative estimate of drug-likeness (QED) is 0.156. The Balaban J connectivity index is 0.000000588. The molecule has 0 aliphatic rings. The molecule has 0 saturated carbocycles. The summed E-state index contributed by atoms with van der Waals surface area (Å²) in [4.78, 5) is 0. The molecule has 0 aliphatic carbocycles. The first kappa shape index (κ1) is 25.2. The minimum absolute atomic E-state index is 0.913. The average molecular weight is 465 g/mol. The second kappa shape index (κ2) is 11.6. The molecule has 0 saturated heterocycles. The summed E-state index contributed by atoms with van der Waals surface area (Å²) < 4.78 is 41.5. The molecule has 0 unspecified atom stereocenters. The Morgan fingerprint density at radius 2 is 0.941 bits per heavy atom. The molecule has 176 valence electrons. The lowest BCUT2D eigenvalue weighted by molar-refractivity contribution is -0.702. The molecule has 6 heteroatoms. The van der Waals surface area contributed by atoms with Crippen molar-refractivity contribution < 1.29 is 21.8 Å². The fourth-order valence-corrected chi connectivity index (χ4v) is 3.94. The van der Waals surface area contributed by atoms with Crippen LogP contribution in [0.25, 0.3) is 22.3 Å². The van der Waals surface area contributed by atoms with E-state index in [9.17, 15) is 17.3 Å². The molecular formula is C28H28BF4N. The lowest BCUT2D eigenvalue weighted by atomic mass is 10.0. The van der Waals surface area contributed by atoms with E-state index >= 15 is 0 Å². The highest BCUT2D eigenvalue weighted by Gasteiger charge is 2.20. The third-order valence-electron chi connectivity index (χ3n) is 5.57. The molecule has 0 N–H and O–H groups in total. The van der Waals surface area contributed by atoms with E-state index in [1.54, 1.807) is 0 Å². The van der Waals surface area contributed by atoms with Gasteiger partial charge in [0.05, 0.1) is 0 Å². The summed E-state index contributed by atoms with van der Waals surface area (Å²) in [5, 5.41) is 0. The van der Waals surface area contributed by atoms with Gasteiger partial charge in [0.2, 0.25) is 0 Å². The van der Waals surface area contributed by atoms with Crippen molar-refractivity contribution in [2.45, 2.75) is 33.2 Å². The van der Waals surface area contributed by atoms with Gasteiger partial charge in [-0.3, -0.25) is 0 Å². The van der Waals surface area contributed by atoms with Gasteiger partial charge in [-0.15, -0.1) is 0 Å². The number of rotatable bonds is 6. The van der Waals surface area contributed by atoms with Crippen LogP contribution in [0.2, 0.25) is 0 Å². The fraction of sp³-hybridized carbons (Fsp3) is 0.179. The van der Waals surface area contributed by atoms with E-state index in [1.165, 1.54) is 39.2 Å². The van der Waals surface area contributed by atoms with Crippen molar-refractivity contribution in [2.24, 2.45) is 0 Å². The SMILES string of the molecule is CCc1cc(-c2ccccc2)cc(CC)[n+]1Cc1ccc(-c2ccccc2)cc1.F[B-](F)(F)F. The Morgan fingerprint density at radius 1 is 0.559 bits per heavy atom. The first-order valence-corrected chi connectivity index (χ1v) is 11.4. The van der Waals surface area contributed by atoms with Crippen molar-refractivity contribution >= 4 is 7.25 Å². The molecule has 0 amide bonds. The lowest BCUT2D eigenvalue weighted by Gasteiger charge is -2.11.